The molecule has 1 saturated heterocycles. The Morgan fingerprint density at radius 1 is 1.70 bits per heavy atom. The minimum absolute atomic E-state index is 0.0784. The number of carbonyl (C=O) groups is 1. The van der Waals surface area contributed by atoms with Gasteiger partial charge in [0, 0.05) is 25.7 Å². The molecule has 0 aromatic heterocycles. The first-order valence-electron chi connectivity index (χ1n) is 3.44. The van der Waals surface area contributed by atoms with Gasteiger partial charge in [0.2, 0.25) is 5.91 Å². The molecule has 3 nitrogen and oxygen atoms in total. The second-order valence-electron chi connectivity index (χ2n) is 2.68. The van der Waals surface area contributed by atoms with Gasteiger partial charge >= 0.3 is 0 Å². The summed E-state index contributed by atoms with van der Waals surface area (Å²) < 4.78 is 0. The fourth-order valence-electron chi connectivity index (χ4n) is 1.10. The number of carbonyl (C=O) groups excluding carboxylic acids is 1. The molecule has 0 aromatic carbocycles. The summed E-state index contributed by atoms with van der Waals surface area (Å²) in [7, 11) is 2.03. The van der Waals surface area contributed by atoms with Crippen molar-refractivity contribution in [3.63, 3.8) is 0 Å². The molecule has 0 N–H and O–H groups in total. The van der Waals surface area contributed by atoms with Crippen molar-refractivity contribution in [2.45, 2.75) is 13.3 Å². The molecule has 56 valence electrons. The topological polar surface area (TPSA) is 32.7 Å². The predicted molar refractivity (Wildman–Crippen MR) is 40.2 cm³/mol. The van der Waals surface area contributed by atoms with Gasteiger partial charge in [-0.1, -0.05) is 0 Å². The van der Waals surface area contributed by atoms with Crippen molar-refractivity contribution in [2.75, 3.05) is 20.1 Å². The highest BCUT2D eigenvalue weighted by atomic mass is 16.1. The van der Waals surface area contributed by atoms with Crippen LogP contribution in [0.3, 0.4) is 0 Å². The van der Waals surface area contributed by atoms with Gasteiger partial charge in [-0.05, 0) is 13.5 Å². The third-order valence-corrected chi connectivity index (χ3v) is 1.55. The summed E-state index contributed by atoms with van der Waals surface area (Å²) in [4.78, 5) is 16.5. The van der Waals surface area contributed by atoms with Crippen LogP contribution in [-0.2, 0) is 4.79 Å². The number of hydrogen-bond acceptors (Lipinski definition) is 2. The van der Waals surface area contributed by atoms with Gasteiger partial charge in [-0.2, -0.15) is 0 Å². The minimum Gasteiger partial charge on any atom is -0.301 e. The lowest BCUT2D eigenvalue weighted by molar-refractivity contribution is -0.115. The number of hydrogen-bond donors (Lipinski definition) is 0. The van der Waals surface area contributed by atoms with E-state index < -0.39 is 0 Å². The van der Waals surface area contributed by atoms with Crippen molar-refractivity contribution >= 4 is 11.6 Å². The van der Waals surface area contributed by atoms with Crippen LogP contribution in [0.1, 0.15) is 13.3 Å². The molecule has 1 aliphatic heterocycles. The quantitative estimate of drug-likeness (QED) is 0.485. The van der Waals surface area contributed by atoms with E-state index in [1.165, 1.54) is 6.92 Å². The van der Waals surface area contributed by atoms with E-state index in [9.17, 15) is 4.79 Å². The number of nitrogens with zero attached hydrogens (tertiary/aromatic N) is 2. The van der Waals surface area contributed by atoms with E-state index in [1.807, 2.05) is 7.05 Å². The zero-order chi connectivity index (χ0) is 7.56. The molecule has 1 amide bonds. The van der Waals surface area contributed by atoms with Gasteiger partial charge in [-0.15, -0.1) is 0 Å². The molecule has 1 aliphatic rings. The summed E-state index contributed by atoms with van der Waals surface area (Å²) >= 11 is 0. The standard InChI is InChI=1S/C7H12N2O/c1-6(10)8-7-3-4-9(2)5-7/h3-5H2,1-2H3/b8-7-. The molecule has 0 saturated carbocycles. The van der Waals surface area contributed by atoms with Crippen LogP contribution in [0.4, 0.5) is 0 Å². The van der Waals surface area contributed by atoms with Gasteiger partial charge in [0.05, 0.1) is 0 Å². The SMILES string of the molecule is CC(=O)/N=C1/CCN(C)C1. The largest absolute Gasteiger partial charge is 0.301 e. The Hall–Kier alpha value is -0.700. The highest BCUT2D eigenvalue weighted by Crippen LogP contribution is 2.02. The predicted octanol–water partition coefficient (Wildman–Crippen LogP) is 0.309. The van der Waals surface area contributed by atoms with E-state index >= 15 is 0 Å². The first-order chi connectivity index (χ1) is 4.68. The third kappa shape index (κ3) is 1.92. The Labute approximate surface area is 60.7 Å². The maximum absolute atomic E-state index is 10.5. The third-order valence-electron chi connectivity index (χ3n) is 1.55. The molecule has 10 heavy (non-hydrogen) atoms. The summed E-state index contributed by atoms with van der Waals surface area (Å²) in [5, 5.41) is 0. The van der Waals surface area contributed by atoms with Crippen LogP contribution < -0.4 is 0 Å². The maximum atomic E-state index is 10.5. The van der Waals surface area contributed by atoms with Crippen LogP contribution in [0.2, 0.25) is 0 Å². The summed E-state index contributed by atoms with van der Waals surface area (Å²) in [5.41, 5.74) is 1.02. The highest BCUT2D eigenvalue weighted by Gasteiger charge is 2.13. The zero-order valence-corrected chi connectivity index (χ0v) is 6.42. The molecular formula is C7H12N2O. The highest BCUT2D eigenvalue weighted by molar-refractivity contribution is 5.97. The first kappa shape index (κ1) is 7.41. The maximum Gasteiger partial charge on any atom is 0.242 e. The second-order valence-corrected chi connectivity index (χ2v) is 2.68. The molecule has 0 radical (unpaired) electrons. The molecule has 0 atom stereocenters. The normalized spacial score (nSPS) is 24.0. The van der Waals surface area contributed by atoms with Crippen molar-refractivity contribution < 1.29 is 4.79 Å². The number of aliphatic imine (C=N–C) groups is 1. The molecular weight excluding hydrogens is 128 g/mol. The van der Waals surface area contributed by atoms with E-state index in [-0.39, 0.29) is 5.91 Å². The first-order valence-corrected chi connectivity index (χ1v) is 3.44. The Morgan fingerprint density at radius 2 is 2.40 bits per heavy atom. The molecule has 0 aromatic rings. The molecule has 1 rings (SSSR count). The Kier molecular flexibility index (Phi) is 2.17. The average Bonchev–Trinajstić information content (AvgIpc) is 2.13. The lowest BCUT2D eigenvalue weighted by Crippen LogP contribution is -2.14. The summed E-state index contributed by atoms with van der Waals surface area (Å²) in [5.74, 6) is -0.0784. The van der Waals surface area contributed by atoms with E-state index in [4.69, 9.17) is 0 Å². The van der Waals surface area contributed by atoms with Crippen LogP contribution in [0, 0.1) is 0 Å². The zero-order valence-electron chi connectivity index (χ0n) is 6.42. The minimum atomic E-state index is -0.0784. The van der Waals surface area contributed by atoms with Gasteiger partial charge < -0.3 is 4.90 Å². The summed E-state index contributed by atoms with van der Waals surface area (Å²) in [6, 6.07) is 0. The molecule has 1 fully saturated rings. The smallest absolute Gasteiger partial charge is 0.242 e. The molecule has 0 unspecified atom stereocenters. The van der Waals surface area contributed by atoms with E-state index in [0.29, 0.717) is 0 Å². The number of likely N-dealkylation sites (tertiary alicyclic amines) is 1. The Balaban J connectivity index is 2.51. The van der Waals surface area contributed by atoms with Gasteiger partial charge in [-0.3, -0.25) is 4.79 Å². The van der Waals surface area contributed by atoms with Crippen molar-refractivity contribution in [1.29, 1.82) is 0 Å². The van der Waals surface area contributed by atoms with Crippen LogP contribution in [0.5, 0.6) is 0 Å². The van der Waals surface area contributed by atoms with E-state index in [0.717, 1.165) is 25.2 Å². The second kappa shape index (κ2) is 2.92. The average molecular weight is 140 g/mol. The van der Waals surface area contributed by atoms with Gasteiger partial charge in [0.1, 0.15) is 0 Å². The fourth-order valence-corrected chi connectivity index (χ4v) is 1.10. The Morgan fingerprint density at radius 3 is 2.80 bits per heavy atom. The molecule has 0 bridgehead atoms. The summed E-state index contributed by atoms with van der Waals surface area (Å²) in [6.07, 6.45) is 0.954. The van der Waals surface area contributed by atoms with Crippen LogP contribution in [0.25, 0.3) is 0 Å². The Bertz CT molecular complexity index is 174. The molecule has 0 spiro atoms. The molecule has 3 heteroatoms. The lowest BCUT2D eigenvalue weighted by Gasteiger charge is -2.01. The van der Waals surface area contributed by atoms with E-state index in [2.05, 4.69) is 9.89 Å². The fraction of sp³-hybridized carbons (Fsp3) is 0.714. The van der Waals surface area contributed by atoms with Gasteiger partial charge in [0.15, 0.2) is 0 Å². The van der Waals surface area contributed by atoms with Crippen molar-refractivity contribution in [3.05, 3.63) is 0 Å². The lowest BCUT2D eigenvalue weighted by atomic mass is 10.3. The number of amides is 1. The van der Waals surface area contributed by atoms with Crippen LogP contribution in [0.15, 0.2) is 4.99 Å². The number of rotatable bonds is 0. The van der Waals surface area contributed by atoms with Gasteiger partial charge in [0.25, 0.3) is 0 Å². The molecule has 1 heterocycles. The van der Waals surface area contributed by atoms with Crippen molar-refractivity contribution in [2.24, 2.45) is 4.99 Å². The van der Waals surface area contributed by atoms with Crippen LogP contribution >= 0.6 is 0 Å². The van der Waals surface area contributed by atoms with Crippen molar-refractivity contribution in [1.82, 2.24) is 4.90 Å². The van der Waals surface area contributed by atoms with Crippen LogP contribution in [-0.4, -0.2) is 36.7 Å². The van der Waals surface area contributed by atoms with Gasteiger partial charge in [-0.25, -0.2) is 4.99 Å². The monoisotopic (exact) mass is 140 g/mol. The van der Waals surface area contributed by atoms with E-state index in [1.54, 1.807) is 0 Å². The molecule has 0 aliphatic carbocycles. The van der Waals surface area contributed by atoms with Crippen molar-refractivity contribution in [3.8, 4) is 0 Å². The summed E-state index contributed by atoms with van der Waals surface area (Å²) in [6.45, 7) is 3.39.